The molecule has 0 spiro atoms. The Hall–Kier alpha value is -2.33. The molecule has 1 heterocycles. The van der Waals surface area contributed by atoms with Crippen LogP contribution in [0.15, 0.2) is 54.6 Å². The van der Waals surface area contributed by atoms with Crippen molar-refractivity contribution >= 4 is 42.6 Å². The summed E-state index contributed by atoms with van der Waals surface area (Å²) >= 11 is 0. The molecule has 3 nitrogen and oxygen atoms in total. The summed E-state index contributed by atoms with van der Waals surface area (Å²) in [4.78, 5) is 0. The normalized spacial score (nSPS) is 12.7. The Labute approximate surface area is 141 Å². The summed E-state index contributed by atoms with van der Waals surface area (Å²) in [6, 6.07) is 18.1. The Bertz CT molecular complexity index is 1200. The van der Waals surface area contributed by atoms with Gasteiger partial charge in [0.15, 0.2) is 0 Å². The largest absolute Gasteiger partial charge is 0.237 e. The molecule has 0 amide bonds. The van der Waals surface area contributed by atoms with Crippen LogP contribution in [0.3, 0.4) is 0 Å². The molecule has 0 saturated carbocycles. The predicted octanol–water partition coefficient (Wildman–Crippen LogP) is 4.88. The summed E-state index contributed by atoms with van der Waals surface area (Å²) in [6.45, 7) is 4.30. The number of rotatable bonds is 2. The third-order valence-electron chi connectivity index (χ3n) is 4.63. The number of hydrogen-bond acceptors (Lipinski definition) is 2. The van der Waals surface area contributed by atoms with Gasteiger partial charge in [0.05, 0.1) is 17.3 Å². The van der Waals surface area contributed by atoms with Crippen LogP contribution in [-0.2, 0) is 10.0 Å². The molecule has 4 aromatic rings. The average molecular weight is 337 g/mol. The molecular weight excluding hydrogens is 318 g/mol. The van der Waals surface area contributed by atoms with E-state index in [1.165, 1.54) is 15.8 Å². The monoisotopic (exact) mass is 337 g/mol. The van der Waals surface area contributed by atoms with Gasteiger partial charge < -0.3 is 0 Å². The highest BCUT2D eigenvalue weighted by Crippen LogP contribution is 2.36. The molecule has 0 saturated heterocycles. The summed E-state index contributed by atoms with van der Waals surface area (Å²) in [5, 5.41) is 4.21. The smallest absolute Gasteiger partial charge is 0.236 e. The van der Waals surface area contributed by atoms with E-state index in [0.717, 1.165) is 32.6 Å². The van der Waals surface area contributed by atoms with Crippen molar-refractivity contribution in [1.82, 2.24) is 3.97 Å². The van der Waals surface area contributed by atoms with Crippen LogP contribution in [0.1, 0.15) is 25.3 Å². The van der Waals surface area contributed by atoms with E-state index in [1.54, 1.807) is 0 Å². The molecule has 0 fully saturated rings. The molecule has 4 rings (SSSR count). The zero-order valence-electron chi connectivity index (χ0n) is 13.9. The summed E-state index contributed by atoms with van der Waals surface area (Å²) in [5.74, 6) is 0.390. The van der Waals surface area contributed by atoms with E-state index in [2.05, 4.69) is 32.0 Å². The van der Waals surface area contributed by atoms with Gasteiger partial charge in [-0.1, -0.05) is 50.2 Å². The zero-order chi connectivity index (χ0) is 17.1. The quantitative estimate of drug-likeness (QED) is 0.523. The molecule has 0 unspecified atom stereocenters. The van der Waals surface area contributed by atoms with E-state index in [0.29, 0.717) is 5.92 Å². The molecule has 122 valence electrons. The average Bonchev–Trinajstić information content (AvgIpc) is 2.88. The highest BCUT2D eigenvalue weighted by Gasteiger charge is 2.19. The fourth-order valence-electron chi connectivity index (χ4n) is 3.49. The molecule has 3 aromatic carbocycles. The van der Waals surface area contributed by atoms with Crippen LogP contribution in [0, 0.1) is 0 Å². The molecule has 0 bridgehead atoms. The lowest BCUT2D eigenvalue weighted by Gasteiger charge is -2.07. The Morgan fingerprint density at radius 1 is 0.875 bits per heavy atom. The first-order chi connectivity index (χ1) is 11.4. The van der Waals surface area contributed by atoms with Crippen molar-refractivity contribution in [2.75, 3.05) is 6.26 Å². The minimum Gasteiger partial charge on any atom is -0.237 e. The van der Waals surface area contributed by atoms with Crippen LogP contribution in [0.2, 0.25) is 0 Å². The minimum atomic E-state index is -3.40. The van der Waals surface area contributed by atoms with E-state index in [9.17, 15) is 8.42 Å². The summed E-state index contributed by atoms with van der Waals surface area (Å²) < 4.78 is 26.3. The second kappa shape index (κ2) is 5.08. The van der Waals surface area contributed by atoms with Crippen molar-refractivity contribution in [1.29, 1.82) is 0 Å². The van der Waals surface area contributed by atoms with Gasteiger partial charge in [-0.2, -0.15) is 0 Å². The highest BCUT2D eigenvalue weighted by atomic mass is 32.2. The van der Waals surface area contributed by atoms with Crippen molar-refractivity contribution in [3.05, 3.63) is 60.2 Å². The number of fused-ring (bicyclic) bond motifs is 5. The highest BCUT2D eigenvalue weighted by molar-refractivity contribution is 7.89. The van der Waals surface area contributed by atoms with Gasteiger partial charge in [0.1, 0.15) is 0 Å². The topological polar surface area (TPSA) is 39.1 Å². The summed E-state index contributed by atoms with van der Waals surface area (Å²) in [7, 11) is -3.40. The van der Waals surface area contributed by atoms with Gasteiger partial charge in [-0.3, -0.25) is 0 Å². The number of nitrogens with zero attached hydrogens (tertiary/aromatic N) is 1. The Balaban J connectivity index is 2.33. The van der Waals surface area contributed by atoms with Crippen LogP contribution in [-0.4, -0.2) is 18.6 Å². The van der Waals surface area contributed by atoms with Crippen molar-refractivity contribution in [2.24, 2.45) is 0 Å². The number of benzene rings is 3. The van der Waals surface area contributed by atoms with Gasteiger partial charge in [-0.15, -0.1) is 0 Å². The van der Waals surface area contributed by atoms with E-state index >= 15 is 0 Å². The third-order valence-corrected chi connectivity index (χ3v) is 5.69. The Morgan fingerprint density at radius 3 is 2.29 bits per heavy atom. The second-order valence-electron chi connectivity index (χ2n) is 6.64. The van der Waals surface area contributed by atoms with Crippen molar-refractivity contribution in [3.8, 4) is 0 Å². The molecule has 0 aliphatic carbocycles. The lowest BCUT2D eigenvalue weighted by molar-refractivity contribution is 0.596. The van der Waals surface area contributed by atoms with E-state index in [1.807, 2.05) is 36.4 Å². The molecular formula is C20H19NO2S. The first kappa shape index (κ1) is 15.2. The SMILES string of the molecule is CC(C)c1ccc2c(c1)c1c3ccccc3ccc1n2S(C)(=O)=O. The maximum absolute atomic E-state index is 12.4. The zero-order valence-corrected chi connectivity index (χ0v) is 14.8. The maximum atomic E-state index is 12.4. The fraction of sp³-hybridized carbons (Fsp3) is 0.200. The van der Waals surface area contributed by atoms with Gasteiger partial charge >= 0.3 is 0 Å². The molecule has 0 radical (unpaired) electrons. The van der Waals surface area contributed by atoms with Gasteiger partial charge in [-0.25, -0.2) is 12.4 Å². The van der Waals surface area contributed by atoms with Gasteiger partial charge in [0, 0.05) is 10.8 Å². The molecule has 4 heteroatoms. The molecule has 0 aliphatic rings. The Morgan fingerprint density at radius 2 is 1.58 bits per heavy atom. The lowest BCUT2D eigenvalue weighted by atomic mass is 9.99. The minimum absolute atomic E-state index is 0.390. The fourth-order valence-corrected chi connectivity index (χ4v) is 4.52. The predicted molar refractivity (Wildman–Crippen MR) is 101 cm³/mol. The molecule has 0 N–H and O–H groups in total. The van der Waals surface area contributed by atoms with Gasteiger partial charge in [0.2, 0.25) is 10.0 Å². The van der Waals surface area contributed by atoms with Crippen LogP contribution in [0.5, 0.6) is 0 Å². The molecule has 24 heavy (non-hydrogen) atoms. The second-order valence-corrected chi connectivity index (χ2v) is 8.47. The molecule has 1 aromatic heterocycles. The molecule has 0 aliphatic heterocycles. The van der Waals surface area contributed by atoms with Crippen LogP contribution in [0.25, 0.3) is 32.6 Å². The van der Waals surface area contributed by atoms with E-state index < -0.39 is 10.0 Å². The van der Waals surface area contributed by atoms with E-state index in [4.69, 9.17) is 0 Å². The lowest BCUT2D eigenvalue weighted by Crippen LogP contribution is -2.09. The van der Waals surface area contributed by atoms with E-state index in [-0.39, 0.29) is 0 Å². The first-order valence-corrected chi connectivity index (χ1v) is 9.89. The standard InChI is InChI=1S/C20H19NO2S/c1-13(2)15-9-10-18-17(12-15)20-16-7-5-4-6-14(16)8-11-19(20)21(18)24(3,22)23/h4-13H,1-3H3. The van der Waals surface area contributed by atoms with Crippen molar-refractivity contribution in [2.45, 2.75) is 19.8 Å². The molecule has 0 atom stereocenters. The van der Waals surface area contributed by atoms with Gasteiger partial charge in [-0.05, 0) is 40.5 Å². The van der Waals surface area contributed by atoms with Crippen molar-refractivity contribution < 1.29 is 8.42 Å². The van der Waals surface area contributed by atoms with Crippen LogP contribution >= 0.6 is 0 Å². The Kier molecular flexibility index (Phi) is 3.22. The van der Waals surface area contributed by atoms with Crippen LogP contribution in [0.4, 0.5) is 0 Å². The van der Waals surface area contributed by atoms with Crippen LogP contribution < -0.4 is 0 Å². The number of hydrogen-bond donors (Lipinski definition) is 0. The summed E-state index contributed by atoms with van der Waals surface area (Å²) in [5.41, 5.74) is 2.70. The first-order valence-electron chi connectivity index (χ1n) is 8.04. The number of aromatic nitrogens is 1. The maximum Gasteiger partial charge on any atom is 0.236 e. The van der Waals surface area contributed by atoms with Crippen molar-refractivity contribution in [3.63, 3.8) is 0 Å². The van der Waals surface area contributed by atoms with Gasteiger partial charge in [0.25, 0.3) is 0 Å². The third kappa shape index (κ3) is 2.13. The summed E-state index contributed by atoms with van der Waals surface area (Å²) in [6.07, 6.45) is 1.26.